The van der Waals surface area contributed by atoms with Crippen molar-refractivity contribution in [3.05, 3.63) is 62.7 Å². The van der Waals surface area contributed by atoms with Crippen LogP contribution in [0.3, 0.4) is 0 Å². The van der Waals surface area contributed by atoms with E-state index >= 15 is 0 Å². The molecule has 0 spiro atoms. The third-order valence-corrected chi connectivity index (χ3v) is 3.55. The van der Waals surface area contributed by atoms with E-state index in [1.165, 1.54) is 49.4 Å². The summed E-state index contributed by atoms with van der Waals surface area (Å²) in [5.74, 6) is 0.337. The molecule has 0 aliphatic heterocycles. The number of methoxy groups -OCH3 is 1. The van der Waals surface area contributed by atoms with Crippen LogP contribution in [-0.2, 0) is 0 Å². The van der Waals surface area contributed by atoms with Crippen molar-refractivity contribution in [2.45, 2.75) is 4.90 Å². The van der Waals surface area contributed by atoms with Crippen LogP contribution in [0.2, 0.25) is 0 Å². The zero-order chi connectivity index (χ0) is 16.1. The average Bonchev–Trinajstić information content (AvgIpc) is 2.52. The number of rotatable bonds is 6. The number of hydrogen-bond acceptors (Lipinski definition) is 7. The van der Waals surface area contributed by atoms with Gasteiger partial charge in [-0.05, 0) is 30.1 Å². The molecule has 8 nitrogen and oxygen atoms in total. The molecule has 0 bridgehead atoms. The second-order valence-electron chi connectivity index (χ2n) is 4.10. The Labute approximate surface area is 129 Å². The maximum Gasteiger partial charge on any atom is 0.273 e. The van der Waals surface area contributed by atoms with Gasteiger partial charge in [0.15, 0.2) is 0 Å². The van der Waals surface area contributed by atoms with Gasteiger partial charge in [-0.15, -0.1) is 0 Å². The van der Waals surface area contributed by atoms with Gasteiger partial charge in [-0.25, -0.2) is 0 Å². The Hall–Kier alpha value is -2.81. The SMILES string of the molecule is COc1cc([N+](=O)[O-])ccc1NSc1ccc([N+](=O)[O-])cc1. The van der Waals surface area contributed by atoms with E-state index in [0.29, 0.717) is 11.4 Å². The number of hydrogen-bond donors (Lipinski definition) is 1. The summed E-state index contributed by atoms with van der Waals surface area (Å²) in [6.07, 6.45) is 0. The first kappa shape index (κ1) is 15.6. The monoisotopic (exact) mass is 321 g/mol. The van der Waals surface area contributed by atoms with Gasteiger partial charge in [0.05, 0.1) is 28.7 Å². The summed E-state index contributed by atoms with van der Waals surface area (Å²) in [6.45, 7) is 0. The Balaban J connectivity index is 2.10. The second kappa shape index (κ2) is 6.76. The smallest absolute Gasteiger partial charge is 0.273 e. The Kier molecular flexibility index (Phi) is 4.79. The minimum absolute atomic E-state index is 0.0114. The van der Waals surface area contributed by atoms with Crippen LogP contribution in [0.25, 0.3) is 0 Å². The normalized spacial score (nSPS) is 10.0. The van der Waals surface area contributed by atoms with Crippen LogP contribution in [-0.4, -0.2) is 17.0 Å². The van der Waals surface area contributed by atoms with Gasteiger partial charge in [0.25, 0.3) is 11.4 Å². The van der Waals surface area contributed by atoms with Crippen LogP contribution in [0, 0.1) is 20.2 Å². The highest BCUT2D eigenvalue weighted by molar-refractivity contribution is 8.00. The molecule has 0 radical (unpaired) electrons. The van der Waals surface area contributed by atoms with E-state index < -0.39 is 9.85 Å². The molecule has 0 aliphatic rings. The zero-order valence-electron chi connectivity index (χ0n) is 11.4. The van der Waals surface area contributed by atoms with Crippen LogP contribution in [0.1, 0.15) is 0 Å². The topological polar surface area (TPSA) is 108 Å². The number of non-ortho nitro benzene ring substituents is 2. The van der Waals surface area contributed by atoms with E-state index in [1.807, 2.05) is 0 Å². The van der Waals surface area contributed by atoms with E-state index in [1.54, 1.807) is 12.1 Å². The number of nitro groups is 2. The fraction of sp³-hybridized carbons (Fsp3) is 0.0769. The van der Waals surface area contributed by atoms with Gasteiger partial charge >= 0.3 is 0 Å². The predicted octanol–water partition coefficient (Wildman–Crippen LogP) is 3.63. The van der Waals surface area contributed by atoms with Crippen molar-refractivity contribution in [2.75, 3.05) is 11.8 Å². The first-order valence-corrected chi connectivity index (χ1v) is 6.82. The lowest BCUT2D eigenvalue weighted by atomic mass is 10.2. The van der Waals surface area contributed by atoms with Gasteiger partial charge in [-0.3, -0.25) is 20.2 Å². The summed E-state index contributed by atoms with van der Waals surface area (Å²) in [7, 11) is 1.42. The molecule has 0 atom stereocenters. The molecule has 0 saturated carbocycles. The average molecular weight is 321 g/mol. The van der Waals surface area contributed by atoms with E-state index in [-0.39, 0.29) is 11.4 Å². The van der Waals surface area contributed by atoms with Crippen LogP contribution in [0.4, 0.5) is 17.1 Å². The molecule has 9 heteroatoms. The maximum absolute atomic E-state index is 10.7. The summed E-state index contributed by atoms with van der Waals surface area (Å²) < 4.78 is 8.10. The Bertz CT molecular complexity index is 705. The third kappa shape index (κ3) is 3.64. The highest BCUT2D eigenvalue weighted by atomic mass is 32.2. The molecule has 22 heavy (non-hydrogen) atoms. The lowest BCUT2D eigenvalue weighted by molar-refractivity contribution is -0.385. The maximum atomic E-state index is 10.7. The number of nitrogens with zero attached hydrogens (tertiary/aromatic N) is 2. The Morgan fingerprint density at radius 2 is 1.59 bits per heavy atom. The number of nitro benzene ring substituents is 2. The number of benzene rings is 2. The van der Waals surface area contributed by atoms with Crippen molar-refractivity contribution in [1.82, 2.24) is 0 Å². The van der Waals surface area contributed by atoms with Gasteiger partial charge in [-0.1, -0.05) is 0 Å². The molecule has 2 rings (SSSR count). The van der Waals surface area contributed by atoms with Gasteiger partial charge < -0.3 is 9.46 Å². The van der Waals surface area contributed by atoms with E-state index in [0.717, 1.165) is 4.90 Å². The van der Waals surface area contributed by atoms with Crippen molar-refractivity contribution < 1.29 is 14.6 Å². The number of nitrogens with one attached hydrogen (secondary N) is 1. The summed E-state index contributed by atoms with van der Waals surface area (Å²) in [5.41, 5.74) is 0.511. The molecule has 0 unspecified atom stereocenters. The minimum Gasteiger partial charge on any atom is -0.494 e. The van der Waals surface area contributed by atoms with E-state index in [4.69, 9.17) is 4.74 Å². The molecule has 2 aromatic carbocycles. The van der Waals surface area contributed by atoms with Crippen molar-refractivity contribution >= 4 is 29.0 Å². The standard InChI is InChI=1S/C13H11N3O5S/c1-21-13-8-10(16(19)20)4-7-12(13)14-22-11-5-2-9(3-6-11)15(17)18/h2-8,14H,1H3. The molecule has 0 aromatic heterocycles. The van der Waals surface area contributed by atoms with Gasteiger partial charge in [0, 0.05) is 23.1 Å². The van der Waals surface area contributed by atoms with Crippen molar-refractivity contribution in [1.29, 1.82) is 0 Å². The lowest BCUT2D eigenvalue weighted by Gasteiger charge is -2.10. The summed E-state index contributed by atoms with van der Waals surface area (Å²) in [5, 5.41) is 21.3. The van der Waals surface area contributed by atoms with Gasteiger partial charge in [0.1, 0.15) is 5.75 Å². The van der Waals surface area contributed by atoms with Crippen LogP contribution in [0.5, 0.6) is 5.75 Å². The highest BCUT2D eigenvalue weighted by Gasteiger charge is 2.11. The largest absolute Gasteiger partial charge is 0.494 e. The third-order valence-electron chi connectivity index (χ3n) is 2.72. The number of anilines is 1. The molecule has 0 amide bonds. The fourth-order valence-electron chi connectivity index (χ4n) is 1.63. The molecule has 0 heterocycles. The van der Waals surface area contributed by atoms with Gasteiger partial charge in [0.2, 0.25) is 0 Å². The first-order valence-electron chi connectivity index (χ1n) is 6.01. The minimum atomic E-state index is -0.504. The van der Waals surface area contributed by atoms with Crippen LogP contribution >= 0.6 is 11.9 Å². The molecular formula is C13H11N3O5S. The molecule has 0 aliphatic carbocycles. The summed E-state index contributed by atoms with van der Waals surface area (Å²) >= 11 is 1.22. The molecule has 0 saturated heterocycles. The first-order chi connectivity index (χ1) is 10.5. The van der Waals surface area contributed by atoms with Crippen LogP contribution in [0.15, 0.2) is 47.4 Å². The van der Waals surface area contributed by atoms with E-state index in [9.17, 15) is 20.2 Å². The van der Waals surface area contributed by atoms with Crippen molar-refractivity contribution in [2.24, 2.45) is 0 Å². The molecular weight excluding hydrogens is 310 g/mol. The molecule has 1 N–H and O–H groups in total. The van der Waals surface area contributed by atoms with Crippen LogP contribution < -0.4 is 9.46 Å². The molecule has 114 valence electrons. The molecule has 2 aromatic rings. The zero-order valence-corrected chi connectivity index (χ0v) is 12.2. The summed E-state index contributed by atoms with van der Waals surface area (Å²) in [4.78, 5) is 21.1. The predicted molar refractivity (Wildman–Crippen MR) is 82.2 cm³/mol. The number of ether oxygens (including phenoxy) is 1. The highest BCUT2D eigenvalue weighted by Crippen LogP contribution is 2.32. The summed E-state index contributed by atoms with van der Waals surface area (Å²) in [6, 6.07) is 10.2. The van der Waals surface area contributed by atoms with Crippen molar-refractivity contribution in [3.8, 4) is 5.75 Å². The quantitative estimate of drug-likeness (QED) is 0.491. The lowest BCUT2D eigenvalue weighted by Crippen LogP contribution is -1.95. The van der Waals surface area contributed by atoms with Gasteiger partial charge in [-0.2, -0.15) is 0 Å². The molecule has 0 fully saturated rings. The van der Waals surface area contributed by atoms with Crippen molar-refractivity contribution in [3.63, 3.8) is 0 Å². The fourth-order valence-corrected chi connectivity index (χ4v) is 2.30. The van der Waals surface area contributed by atoms with E-state index in [2.05, 4.69) is 4.72 Å². The Morgan fingerprint density at radius 3 is 2.14 bits per heavy atom. The second-order valence-corrected chi connectivity index (χ2v) is 4.98. The Morgan fingerprint density at radius 1 is 1.00 bits per heavy atom.